The summed E-state index contributed by atoms with van der Waals surface area (Å²) in [5, 5.41) is 2.62. The first kappa shape index (κ1) is 9.21. The number of hydrogen-bond acceptors (Lipinski definition) is 2. The second-order valence-corrected chi connectivity index (χ2v) is 6.14. The second-order valence-electron chi connectivity index (χ2n) is 2.69. The van der Waals surface area contributed by atoms with Gasteiger partial charge in [0.05, 0.1) is 0 Å². The van der Waals surface area contributed by atoms with Gasteiger partial charge in [-0.3, -0.25) is 4.79 Å². The number of fused-ring (bicyclic) bond motifs is 1. The van der Waals surface area contributed by atoms with E-state index in [9.17, 15) is 4.79 Å². The molecule has 0 saturated carbocycles. The molecule has 0 fully saturated rings. The molecule has 1 aromatic rings. The normalized spacial score (nSPS) is 18.2. The SMILES string of the molecule is [B]c1cnc2c(c1)C(Br)(Br)C(=O)N2. The van der Waals surface area contributed by atoms with Crippen LogP contribution in [0.25, 0.3) is 0 Å². The lowest BCUT2D eigenvalue weighted by Crippen LogP contribution is -2.20. The summed E-state index contributed by atoms with van der Waals surface area (Å²) in [5.41, 5.74) is 1.23. The van der Waals surface area contributed by atoms with Crippen LogP contribution in [0.3, 0.4) is 0 Å². The van der Waals surface area contributed by atoms with Gasteiger partial charge < -0.3 is 5.32 Å². The van der Waals surface area contributed by atoms with E-state index in [0.717, 1.165) is 0 Å². The van der Waals surface area contributed by atoms with Crippen LogP contribution in [0.4, 0.5) is 5.82 Å². The number of hydrogen-bond donors (Lipinski definition) is 1. The summed E-state index contributed by atoms with van der Waals surface area (Å²) in [7, 11) is 5.55. The van der Waals surface area contributed by atoms with Crippen LogP contribution in [0.15, 0.2) is 12.3 Å². The van der Waals surface area contributed by atoms with E-state index in [1.165, 1.54) is 6.20 Å². The first-order chi connectivity index (χ1) is 6.01. The molecule has 0 bridgehead atoms. The van der Waals surface area contributed by atoms with Gasteiger partial charge in [-0.2, -0.15) is 0 Å². The van der Waals surface area contributed by atoms with E-state index in [-0.39, 0.29) is 5.91 Å². The van der Waals surface area contributed by atoms with E-state index in [1.54, 1.807) is 6.07 Å². The van der Waals surface area contributed by atoms with Crippen LogP contribution >= 0.6 is 31.9 Å². The number of rotatable bonds is 0. The Kier molecular flexibility index (Phi) is 2.00. The molecule has 0 spiro atoms. The number of halogens is 2. The molecule has 0 saturated heterocycles. The highest BCUT2D eigenvalue weighted by atomic mass is 79.9. The molecule has 6 heteroatoms. The third kappa shape index (κ3) is 1.32. The molecule has 2 radical (unpaired) electrons. The maximum absolute atomic E-state index is 11.4. The molecule has 2 rings (SSSR count). The van der Waals surface area contributed by atoms with Crippen molar-refractivity contribution in [3.8, 4) is 0 Å². The van der Waals surface area contributed by atoms with Gasteiger partial charge in [0.25, 0.3) is 5.91 Å². The van der Waals surface area contributed by atoms with Crippen LogP contribution in [0.1, 0.15) is 5.56 Å². The lowest BCUT2D eigenvalue weighted by molar-refractivity contribution is -0.115. The van der Waals surface area contributed by atoms with Gasteiger partial charge in [-0.05, 0) is 0 Å². The van der Waals surface area contributed by atoms with E-state index >= 15 is 0 Å². The molecule has 0 aliphatic carbocycles. The first-order valence-electron chi connectivity index (χ1n) is 3.47. The number of amides is 1. The Balaban J connectivity index is 2.64. The minimum Gasteiger partial charge on any atom is -0.308 e. The van der Waals surface area contributed by atoms with Crippen molar-refractivity contribution < 1.29 is 4.79 Å². The lowest BCUT2D eigenvalue weighted by atomic mass is 9.97. The number of nitrogens with zero attached hydrogens (tertiary/aromatic N) is 1. The van der Waals surface area contributed by atoms with Gasteiger partial charge in [-0.15, -0.1) is 0 Å². The van der Waals surface area contributed by atoms with Gasteiger partial charge in [-0.25, -0.2) is 4.98 Å². The van der Waals surface area contributed by atoms with Crippen molar-refractivity contribution >= 4 is 56.9 Å². The smallest absolute Gasteiger partial charge is 0.258 e. The number of carbonyl (C=O) groups excluding carboxylic acids is 1. The maximum atomic E-state index is 11.4. The van der Waals surface area contributed by atoms with Crippen LogP contribution in [0.2, 0.25) is 0 Å². The Morgan fingerprint density at radius 1 is 1.54 bits per heavy atom. The van der Waals surface area contributed by atoms with Gasteiger partial charge in [0, 0.05) is 11.8 Å². The summed E-state index contributed by atoms with van der Waals surface area (Å²) in [5.74, 6) is 0.341. The monoisotopic (exact) mass is 300 g/mol. The molecule has 1 aromatic heterocycles. The summed E-state index contributed by atoms with van der Waals surface area (Å²) in [6.07, 6.45) is 1.50. The van der Waals surface area contributed by atoms with Gasteiger partial charge >= 0.3 is 0 Å². The quantitative estimate of drug-likeness (QED) is 0.568. The summed E-state index contributed by atoms with van der Waals surface area (Å²) in [4.78, 5) is 15.4. The molecular formula is C7H3BBr2N2O. The molecule has 64 valence electrons. The van der Waals surface area contributed by atoms with Crippen LogP contribution in [-0.2, 0) is 8.03 Å². The number of aromatic nitrogens is 1. The Bertz CT molecular complexity index is 394. The number of alkyl halides is 2. The molecule has 1 amide bonds. The highest BCUT2D eigenvalue weighted by Gasteiger charge is 2.43. The number of anilines is 1. The van der Waals surface area contributed by atoms with E-state index in [4.69, 9.17) is 7.85 Å². The van der Waals surface area contributed by atoms with Gasteiger partial charge in [-0.1, -0.05) is 43.4 Å². The van der Waals surface area contributed by atoms with Crippen LogP contribution < -0.4 is 10.8 Å². The highest BCUT2D eigenvalue weighted by Crippen LogP contribution is 2.45. The Labute approximate surface area is 93.0 Å². The summed E-state index contributed by atoms with van der Waals surface area (Å²) < 4.78 is -0.891. The van der Waals surface area contributed by atoms with E-state index in [2.05, 4.69) is 42.2 Å². The summed E-state index contributed by atoms with van der Waals surface area (Å²) >= 11 is 6.50. The Morgan fingerprint density at radius 3 is 2.92 bits per heavy atom. The van der Waals surface area contributed by atoms with E-state index in [1.807, 2.05) is 0 Å². The largest absolute Gasteiger partial charge is 0.308 e. The van der Waals surface area contributed by atoms with Gasteiger partial charge in [0.2, 0.25) is 0 Å². The molecule has 2 heterocycles. The zero-order valence-electron chi connectivity index (χ0n) is 6.34. The van der Waals surface area contributed by atoms with Crippen LogP contribution in [-0.4, -0.2) is 18.7 Å². The third-order valence-corrected chi connectivity index (χ3v) is 3.34. The van der Waals surface area contributed by atoms with Crippen molar-refractivity contribution in [3.05, 3.63) is 17.8 Å². The minimum absolute atomic E-state index is 0.194. The Morgan fingerprint density at radius 2 is 2.23 bits per heavy atom. The van der Waals surface area contributed by atoms with Crippen molar-refractivity contribution in [3.63, 3.8) is 0 Å². The van der Waals surface area contributed by atoms with Crippen molar-refractivity contribution in [1.82, 2.24) is 4.98 Å². The molecular weight excluding hydrogens is 299 g/mol. The number of nitrogens with one attached hydrogen (secondary N) is 1. The zero-order chi connectivity index (χ0) is 9.64. The van der Waals surface area contributed by atoms with Crippen molar-refractivity contribution in [2.45, 2.75) is 3.23 Å². The Hall–Kier alpha value is -0.355. The highest BCUT2D eigenvalue weighted by molar-refractivity contribution is 9.25. The fourth-order valence-corrected chi connectivity index (χ4v) is 1.93. The second kappa shape index (κ2) is 2.82. The minimum atomic E-state index is -0.891. The van der Waals surface area contributed by atoms with Gasteiger partial charge in [0.1, 0.15) is 13.7 Å². The maximum Gasteiger partial charge on any atom is 0.258 e. The fourth-order valence-electron chi connectivity index (χ4n) is 1.13. The average Bonchev–Trinajstić information content (AvgIpc) is 2.27. The topological polar surface area (TPSA) is 42.0 Å². The molecule has 13 heavy (non-hydrogen) atoms. The predicted octanol–water partition coefficient (Wildman–Crippen LogP) is 0.770. The third-order valence-electron chi connectivity index (χ3n) is 1.76. The number of pyridine rings is 1. The molecule has 0 unspecified atom stereocenters. The molecule has 1 aliphatic heterocycles. The average molecular weight is 302 g/mol. The van der Waals surface area contributed by atoms with Crippen molar-refractivity contribution in [1.29, 1.82) is 0 Å². The van der Waals surface area contributed by atoms with Crippen LogP contribution in [0, 0.1) is 0 Å². The molecule has 0 aromatic carbocycles. The predicted molar refractivity (Wildman–Crippen MR) is 57.8 cm³/mol. The number of carbonyl (C=O) groups is 1. The molecule has 3 nitrogen and oxygen atoms in total. The van der Waals surface area contributed by atoms with E-state index in [0.29, 0.717) is 16.8 Å². The standard InChI is InChI=1S/C7H3BBr2N2O/c8-3-1-4-5(11-2-3)12-6(13)7(4,9)10/h1-2H,(H,11,12,13). The molecule has 1 aliphatic rings. The van der Waals surface area contributed by atoms with Gasteiger partial charge in [0.15, 0.2) is 3.23 Å². The molecule has 0 atom stereocenters. The van der Waals surface area contributed by atoms with E-state index < -0.39 is 3.23 Å². The first-order valence-corrected chi connectivity index (χ1v) is 5.05. The van der Waals surface area contributed by atoms with Crippen LogP contribution in [0.5, 0.6) is 0 Å². The lowest BCUT2D eigenvalue weighted by Gasteiger charge is -2.09. The zero-order valence-corrected chi connectivity index (χ0v) is 9.52. The fraction of sp³-hybridized carbons (Fsp3) is 0.143. The van der Waals surface area contributed by atoms with Crippen molar-refractivity contribution in [2.24, 2.45) is 0 Å². The summed E-state index contributed by atoms with van der Waals surface area (Å²) in [6.45, 7) is 0. The summed E-state index contributed by atoms with van der Waals surface area (Å²) in [6, 6.07) is 1.70. The molecule has 1 N–H and O–H groups in total. The van der Waals surface area contributed by atoms with Crippen molar-refractivity contribution in [2.75, 3.05) is 5.32 Å².